The third-order valence-electron chi connectivity index (χ3n) is 2.74. The Morgan fingerprint density at radius 1 is 1.47 bits per heavy atom. The van der Waals surface area contributed by atoms with E-state index in [4.69, 9.17) is 0 Å². The first-order valence-corrected chi connectivity index (χ1v) is 6.51. The Balaban J connectivity index is 2.79. The molecule has 1 amide bonds. The molecule has 0 spiro atoms. The third kappa shape index (κ3) is 3.80. The van der Waals surface area contributed by atoms with Gasteiger partial charge in [0.1, 0.15) is 5.82 Å². The van der Waals surface area contributed by atoms with Crippen molar-refractivity contribution in [3.8, 4) is 0 Å². The molecule has 0 fully saturated rings. The molecule has 0 aliphatic heterocycles. The highest BCUT2D eigenvalue weighted by Crippen LogP contribution is 2.16. The number of nitrogens with one attached hydrogen (secondary N) is 1. The summed E-state index contributed by atoms with van der Waals surface area (Å²) in [4.78, 5) is 11.9. The Bertz CT molecular complexity index is 406. The molecule has 0 saturated carbocycles. The molecule has 1 rings (SSSR count). The first-order chi connectivity index (χ1) is 7.95. The fourth-order valence-electron chi connectivity index (χ4n) is 1.63. The van der Waals surface area contributed by atoms with Gasteiger partial charge in [-0.15, -0.1) is 0 Å². The predicted octanol–water partition coefficient (Wildman–Crippen LogP) is 3.75. The summed E-state index contributed by atoms with van der Waals surface area (Å²) in [6.07, 6.45) is 0.864. The first kappa shape index (κ1) is 14.2. The molecule has 4 heteroatoms. The molecule has 1 aromatic rings. The molecular weight excluding hydrogens is 285 g/mol. The molecule has 1 N–H and O–H groups in total. The lowest BCUT2D eigenvalue weighted by Gasteiger charge is -2.20. The van der Waals surface area contributed by atoms with Crippen molar-refractivity contribution in [3.05, 3.63) is 34.1 Å². The average Bonchev–Trinajstić information content (AvgIpc) is 2.28. The summed E-state index contributed by atoms with van der Waals surface area (Å²) < 4.78 is 13.7. The molecule has 0 aromatic heterocycles. The van der Waals surface area contributed by atoms with Gasteiger partial charge in [0.05, 0.1) is 4.47 Å². The quantitative estimate of drug-likeness (QED) is 0.901. The van der Waals surface area contributed by atoms with Gasteiger partial charge in [-0.1, -0.05) is 20.8 Å². The number of carbonyl (C=O) groups is 1. The maximum absolute atomic E-state index is 13.3. The predicted molar refractivity (Wildman–Crippen MR) is 70.5 cm³/mol. The van der Waals surface area contributed by atoms with Crippen LogP contribution in [0.5, 0.6) is 0 Å². The Hall–Kier alpha value is -0.900. The van der Waals surface area contributed by atoms with Gasteiger partial charge in [-0.3, -0.25) is 4.79 Å². The van der Waals surface area contributed by atoms with Crippen molar-refractivity contribution < 1.29 is 9.18 Å². The minimum Gasteiger partial charge on any atom is -0.349 e. The van der Waals surface area contributed by atoms with Crippen LogP contribution in [0.25, 0.3) is 0 Å². The van der Waals surface area contributed by atoms with E-state index in [9.17, 15) is 9.18 Å². The van der Waals surface area contributed by atoms with E-state index in [1.807, 2.05) is 6.92 Å². The van der Waals surface area contributed by atoms with Gasteiger partial charge in [0, 0.05) is 11.6 Å². The van der Waals surface area contributed by atoms with Crippen LogP contribution in [0.15, 0.2) is 22.7 Å². The zero-order chi connectivity index (χ0) is 13.0. The molecule has 94 valence electrons. The summed E-state index contributed by atoms with van der Waals surface area (Å²) in [5.74, 6) is -0.281. The largest absolute Gasteiger partial charge is 0.349 e. The van der Waals surface area contributed by atoms with Gasteiger partial charge in [0.2, 0.25) is 0 Å². The SMILES string of the molecule is CCC(NC(=O)c1ccc(Br)c(F)c1)C(C)C. The van der Waals surface area contributed by atoms with Crippen molar-refractivity contribution in [3.63, 3.8) is 0 Å². The van der Waals surface area contributed by atoms with Gasteiger partial charge in [-0.2, -0.15) is 0 Å². The summed E-state index contributed by atoms with van der Waals surface area (Å²) in [5, 5.41) is 2.91. The van der Waals surface area contributed by atoms with Crippen LogP contribution in [0, 0.1) is 11.7 Å². The van der Waals surface area contributed by atoms with Crippen molar-refractivity contribution in [2.24, 2.45) is 5.92 Å². The molecular formula is C13H17BrFNO. The lowest BCUT2D eigenvalue weighted by Crippen LogP contribution is -2.38. The normalized spacial score (nSPS) is 12.6. The van der Waals surface area contributed by atoms with Crippen LogP contribution in [-0.4, -0.2) is 11.9 Å². The van der Waals surface area contributed by atoms with E-state index >= 15 is 0 Å². The van der Waals surface area contributed by atoms with Gasteiger partial charge < -0.3 is 5.32 Å². The first-order valence-electron chi connectivity index (χ1n) is 5.71. The van der Waals surface area contributed by atoms with Crippen LogP contribution in [0.2, 0.25) is 0 Å². The van der Waals surface area contributed by atoms with Gasteiger partial charge in [0.25, 0.3) is 5.91 Å². The number of hydrogen-bond acceptors (Lipinski definition) is 1. The average molecular weight is 302 g/mol. The minimum absolute atomic E-state index is 0.120. The van der Waals surface area contributed by atoms with Crippen molar-refractivity contribution in [2.45, 2.75) is 33.2 Å². The third-order valence-corrected chi connectivity index (χ3v) is 3.39. The van der Waals surface area contributed by atoms with E-state index in [1.54, 1.807) is 12.1 Å². The molecule has 0 aliphatic rings. The molecule has 1 unspecified atom stereocenters. The van der Waals surface area contributed by atoms with Crippen molar-refractivity contribution in [1.82, 2.24) is 5.32 Å². The van der Waals surface area contributed by atoms with E-state index in [0.29, 0.717) is 16.0 Å². The van der Waals surface area contributed by atoms with E-state index in [0.717, 1.165) is 6.42 Å². The molecule has 0 bridgehead atoms. The van der Waals surface area contributed by atoms with Crippen LogP contribution in [0.1, 0.15) is 37.6 Å². The van der Waals surface area contributed by atoms with E-state index in [2.05, 4.69) is 35.1 Å². The Kier molecular flexibility index (Phi) is 5.12. The maximum Gasteiger partial charge on any atom is 0.251 e. The summed E-state index contributed by atoms with van der Waals surface area (Å²) >= 11 is 3.06. The Labute approximate surface area is 110 Å². The highest BCUT2D eigenvalue weighted by atomic mass is 79.9. The molecule has 0 radical (unpaired) electrons. The standard InChI is InChI=1S/C13H17BrFNO/c1-4-12(8(2)3)16-13(17)9-5-6-10(14)11(15)7-9/h5-8,12H,4H2,1-3H3,(H,16,17). The van der Waals surface area contributed by atoms with Gasteiger partial charge in [0.15, 0.2) is 0 Å². The Morgan fingerprint density at radius 2 is 2.12 bits per heavy atom. The van der Waals surface area contributed by atoms with Crippen molar-refractivity contribution in [2.75, 3.05) is 0 Å². The number of carbonyl (C=O) groups excluding carboxylic acids is 1. The zero-order valence-corrected chi connectivity index (χ0v) is 11.8. The second kappa shape index (κ2) is 6.15. The molecule has 0 heterocycles. The van der Waals surface area contributed by atoms with Crippen molar-refractivity contribution >= 4 is 21.8 Å². The summed E-state index contributed by atoms with van der Waals surface area (Å²) in [7, 11) is 0. The Morgan fingerprint density at radius 3 is 2.59 bits per heavy atom. The molecule has 0 saturated heterocycles. The van der Waals surface area contributed by atoms with Gasteiger partial charge >= 0.3 is 0 Å². The lowest BCUT2D eigenvalue weighted by molar-refractivity contribution is 0.0924. The summed E-state index contributed by atoms with van der Waals surface area (Å²) in [5.41, 5.74) is 0.352. The van der Waals surface area contributed by atoms with Crippen LogP contribution >= 0.6 is 15.9 Å². The zero-order valence-electron chi connectivity index (χ0n) is 10.3. The second-order valence-corrected chi connectivity index (χ2v) is 5.22. The fourth-order valence-corrected chi connectivity index (χ4v) is 1.88. The van der Waals surface area contributed by atoms with E-state index in [-0.39, 0.29) is 11.9 Å². The topological polar surface area (TPSA) is 29.1 Å². The number of benzene rings is 1. The smallest absolute Gasteiger partial charge is 0.251 e. The number of hydrogen-bond donors (Lipinski definition) is 1. The molecule has 17 heavy (non-hydrogen) atoms. The van der Waals surface area contributed by atoms with Crippen LogP contribution in [-0.2, 0) is 0 Å². The van der Waals surface area contributed by atoms with Gasteiger partial charge in [-0.25, -0.2) is 4.39 Å². The molecule has 0 aliphatic carbocycles. The van der Waals surface area contributed by atoms with Crippen LogP contribution in [0.3, 0.4) is 0 Å². The van der Waals surface area contributed by atoms with E-state index < -0.39 is 5.82 Å². The number of amides is 1. The minimum atomic E-state index is -0.421. The highest BCUT2D eigenvalue weighted by molar-refractivity contribution is 9.10. The summed E-state index contributed by atoms with van der Waals surface area (Å²) in [6.45, 7) is 6.13. The number of halogens is 2. The highest BCUT2D eigenvalue weighted by Gasteiger charge is 2.15. The molecule has 1 atom stereocenters. The van der Waals surface area contributed by atoms with Crippen LogP contribution < -0.4 is 5.32 Å². The maximum atomic E-state index is 13.3. The summed E-state index contributed by atoms with van der Waals surface area (Å²) in [6, 6.07) is 4.51. The van der Waals surface area contributed by atoms with Gasteiger partial charge in [-0.05, 0) is 46.5 Å². The lowest BCUT2D eigenvalue weighted by atomic mass is 10.0. The van der Waals surface area contributed by atoms with E-state index in [1.165, 1.54) is 6.07 Å². The fraction of sp³-hybridized carbons (Fsp3) is 0.462. The second-order valence-electron chi connectivity index (χ2n) is 4.36. The molecule has 2 nitrogen and oxygen atoms in total. The van der Waals surface area contributed by atoms with Crippen molar-refractivity contribution in [1.29, 1.82) is 0 Å². The monoisotopic (exact) mass is 301 g/mol. The number of rotatable bonds is 4. The van der Waals surface area contributed by atoms with Crippen LogP contribution in [0.4, 0.5) is 4.39 Å². The molecule has 1 aromatic carbocycles.